The van der Waals surface area contributed by atoms with Crippen LogP contribution in [0, 0.1) is 13.8 Å². The summed E-state index contributed by atoms with van der Waals surface area (Å²) >= 11 is 1.71. The first kappa shape index (κ1) is 22.1. The molecule has 3 N–H and O–H groups in total. The third-order valence-electron chi connectivity index (χ3n) is 4.66. The quantitative estimate of drug-likeness (QED) is 0.386. The zero-order valence-corrected chi connectivity index (χ0v) is 18.8. The standard InChI is InChI=1S/C16H28N6OS.HI/c1-11-12(2)24-13(20-11)10-19-15(18-5)21-6-8-22(9-7-21)16(3,4)14(17)23;/h6-10H2,1-5H3,(H2,17,23)(H,18,19);1H. The normalized spacial score (nSPS) is 16.5. The van der Waals surface area contributed by atoms with Crippen molar-refractivity contribution in [3.8, 4) is 0 Å². The predicted molar refractivity (Wildman–Crippen MR) is 114 cm³/mol. The lowest BCUT2D eigenvalue weighted by molar-refractivity contribution is -0.129. The molecule has 0 aliphatic carbocycles. The van der Waals surface area contributed by atoms with E-state index < -0.39 is 5.54 Å². The van der Waals surface area contributed by atoms with Crippen molar-refractivity contribution >= 4 is 47.2 Å². The zero-order chi connectivity index (χ0) is 17.9. The Morgan fingerprint density at radius 1 is 1.32 bits per heavy atom. The number of nitrogens with two attached hydrogens (primary N) is 1. The molecule has 0 spiro atoms. The summed E-state index contributed by atoms with van der Waals surface area (Å²) in [6.07, 6.45) is 0. The number of piperazine rings is 1. The SMILES string of the molecule is CN=C(NCc1nc(C)c(C)s1)N1CCN(C(C)(C)C(N)=O)CC1.I. The highest BCUT2D eigenvalue weighted by Gasteiger charge is 2.35. The van der Waals surface area contributed by atoms with Gasteiger partial charge in [0.2, 0.25) is 5.91 Å². The Labute approximate surface area is 171 Å². The van der Waals surface area contributed by atoms with Crippen LogP contribution in [0.1, 0.15) is 29.4 Å². The lowest BCUT2D eigenvalue weighted by Gasteiger charge is -2.43. The largest absolute Gasteiger partial charge is 0.368 e. The van der Waals surface area contributed by atoms with Crippen molar-refractivity contribution in [3.63, 3.8) is 0 Å². The number of halogens is 1. The number of guanidine groups is 1. The van der Waals surface area contributed by atoms with Gasteiger partial charge in [-0.2, -0.15) is 0 Å². The van der Waals surface area contributed by atoms with Crippen molar-refractivity contribution in [2.45, 2.75) is 39.8 Å². The van der Waals surface area contributed by atoms with Crippen LogP contribution in [-0.2, 0) is 11.3 Å². The molecule has 9 heteroatoms. The Morgan fingerprint density at radius 3 is 2.36 bits per heavy atom. The number of nitrogens with zero attached hydrogens (tertiary/aromatic N) is 4. The Balaban J connectivity index is 0.00000312. The van der Waals surface area contributed by atoms with Crippen LogP contribution in [0.4, 0.5) is 0 Å². The van der Waals surface area contributed by atoms with E-state index in [1.165, 1.54) is 4.88 Å². The molecular formula is C16H29IN6OS. The third-order valence-corrected chi connectivity index (χ3v) is 5.73. The second-order valence-corrected chi connectivity index (χ2v) is 7.84. The fourth-order valence-corrected chi connectivity index (χ4v) is 3.61. The Kier molecular flexibility index (Phi) is 8.07. The number of primary amides is 1. The van der Waals surface area contributed by atoms with Gasteiger partial charge >= 0.3 is 0 Å². The number of thiazole rings is 1. The van der Waals surface area contributed by atoms with E-state index in [0.717, 1.165) is 42.8 Å². The summed E-state index contributed by atoms with van der Waals surface area (Å²) in [6, 6.07) is 0. The van der Waals surface area contributed by atoms with Gasteiger partial charge in [0, 0.05) is 38.1 Å². The fourth-order valence-electron chi connectivity index (χ4n) is 2.73. The lowest BCUT2D eigenvalue weighted by atomic mass is 10.0. The molecule has 2 rings (SSSR count). The molecule has 2 heterocycles. The Hall–Kier alpha value is -0.940. The molecule has 1 aromatic rings. The first-order valence-electron chi connectivity index (χ1n) is 8.19. The molecule has 0 saturated carbocycles. The highest BCUT2D eigenvalue weighted by molar-refractivity contribution is 14.0. The highest BCUT2D eigenvalue weighted by Crippen LogP contribution is 2.18. The van der Waals surface area contributed by atoms with Gasteiger partial charge in [0.1, 0.15) is 5.01 Å². The smallest absolute Gasteiger partial charge is 0.237 e. The van der Waals surface area contributed by atoms with E-state index in [9.17, 15) is 4.79 Å². The van der Waals surface area contributed by atoms with Crippen LogP contribution in [0.5, 0.6) is 0 Å². The van der Waals surface area contributed by atoms with Crippen LogP contribution in [0.3, 0.4) is 0 Å². The zero-order valence-electron chi connectivity index (χ0n) is 15.6. The number of amides is 1. The molecule has 1 aliphatic heterocycles. The number of aliphatic imine (C=N–C) groups is 1. The van der Waals surface area contributed by atoms with E-state index in [0.29, 0.717) is 6.54 Å². The van der Waals surface area contributed by atoms with E-state index in [-0.39, 0.29) is 29.9 Å². The number of hydrogen-bond donors (Lipinski definition) is 2. The molecule has 25 heavy (non-hydrogen) atoms. The number of nitrogens with one attached hydrogen (secondary N) is 1. The van der Waals surface area contributed by atoms with Crippen molar-refractivity contribution in [1.82, 2.24) is 20.1 Å². The Bertz CT molecular complexity index is 603. The number of rotatable bonds is 4. The third kappa shape index (κ3) is 5.27. The Morgan fingerprint density at radius 2 is 1.92 bits per heavy atom. The number of aryl methyl sites for hydroxylation is 2. The number of hydrogen-bond acceptors (Lipinski definition) is 5. The van der Waals surface area contributed by atoms with E-state index in [2.05, 4.69) is 32.0 Å². The van der Waals surface area contributed by atoms with E-state index in [1.807, 2.05) is 20.8 Å². The molecule has 0 aromatic carbocycles. The van der Waals surface area contributed by atoms with Gasteiger partial charge in [0.15, 0.2) is 5.96 Å². The fraction of sp³-hybridized carbons (Fsp3) is 0.688. The van der Waals surface area contributed by atoms with E-state index >= 15 is 0 Å². The molecular weight excluding hydrogens is 451 g/mol. The van der Waals surface area contributed by atoms with Crippen LogP contribution >= 0.6 is 35.3 Å². The number of carbonyl (C=O) groups is 1. The van der Waals surface area contributed by atoms with Gasteiger partial charge in [-0.25, -0.2) is 4.98 Å². The summed E-state index contributed by atoms with van der Waals surface area (Å²) in [5.41, 5.74) is 5.99. The first-order chi connectivity index (χ1) is 11.3. The van der Waals surface area contributed by atoms with Crippen molar-refractivity contribution in [2.24, 2.45) is 10.7 Å². The summed E-state index contributed by atoms with van der Waals surface area (Å²) in [7, 11) is 1.79. The molecule has 0 unspecified atom stereocenters. The van der Waals surface area contributed by atoms with E-state index in [1.54, 1.807) is 18.4 Å². The molecule has 1 amide bonds. The molecule has 7 nitrogen and oxygen atoms in total. The summed E-state index contributed by atoms with van der Waals surface area (Å²) in [6.45, 7) is 11.8. The van der Waals surface area contributed by atoms with Crippen LogP contribution in [-0.4, -0.2) is 65.4 Å². The van der Waals surface area contributed by atoms with Crippen molar-refractivity contribution in [3.05, 3.63) is 15.6 Å². The summed E-state index contributed by atoms with van der Waals surface area (Å²) in [4.78, 5) is 26.1. The van der Waals surface area contributed by atoms with Gasteiger partial charge in [0.25, 0.3) is 0 Å². The maximum absolute atomic E-state index is 11.6. The number of aromatic nitrogens is 1. The predicted octanol–water partition coefficient (Wildman–Crippen LogP) is 1.33. The van der Waals surface area contributed by atoms with Gasteiger partial charge in [-0.3, -0.25) is 14.7 Å². The van der Waals surface area contributed by atoms with Crippen molar-refractivity contribution in [1.29, 1.82) is 0 Å². The summed E-state index contributed by atoms with van der Waals surface area (Å²) in [5, 5.41) is 4.46. The van der Waals surface area contributed by atoms with Gasteiger partial charge in [-0.05, 0) is 27.7 Å². The second kappa shape index (κ2) is 9.13. The minimum Gasteiger partial charge on any atom is -0.368 e. The van der Waals surface area contributed by atoms with Gasteiger partial charge in [0.05, 0.1) is 17.8 Å². The van der Waals surface area contributed by atoms with E-state index in [4.69, 9.17) is 5.73 Å². The number of carbonyl (C=O) groups excluding carboxylic acids is 1. The topological polar surface area (TPSA) is 86.8 Å². The second-order valence-electron chi connectivity index (χ2n) is 6.55. The van der Waals surface area contributed by atoms with Crippen LogP contribution in [0.2, 0.25) is 0 Å². The van der Waals surface area contributed by atoms with Crippen LogP contribution in [0.15, 0.2) is 4.99 Å². The molecule has 1 aromatic heterocycles. The molecule has 1 saturated heterocycles. The molecule has 142 valence electrons. The minimum atomic E-state index is -0.612. The molecule has 1 aliphatic rings. The molecule has 1 fully saturated rings. The van der Waals surface area contributed by atoms with Gasteiger partial charge < -0.3 is 16.0 Å². The average molecular weight is 480 g/mol. The summed E-state index contributed by atoms with van der Waals surface area (Å²) in [5.74, 6) is 0.588. The van der Waals surface area contributed by atoms with Crippen LogP contribution < -0.4 is 11.1 Å². The van der Waals surface area contributed by atoms with Crippen LogP contribution in [0.25, 0.3) is 0 Å². The van der Waals surface area contributed by atoms with Gasteiger partial charge in [-0.1, -0.05) is 0 Å². The molecule has 0 bridgehead atoms. The molecule has 0 radical (unpaired) electrons. The highest BCUT2D eigenvalue weighted by atomic mass is 127. The monoisotopic (exact) mass is 480 g/mol. The maximum atomic E-state index is 11.6. The first-order valence-corrected chi connectivity index (χ1v) is 9.00. The molecule has 0 atom stereocenters. The maximum Gasteiger partial charge on any atom is 0.237 e. The lowest BCUT2D eigenvalue weighted by Crippen LogP contribution is -2.61. The van der Waals surface area contributed by atoms with Crippen molar-refractivity contribution < 1.29 is 4.79 Å². The minimum absolute atomic E-state index is 0. The van der Waals surface area contributed by atoms with Crippen molar-refractivity contribution in [2.75, 3.05) is 33.2 Å². The van der Waals surface area contributed by atoms with Gasteiger partial charge in [-0.15, -0.1) is 35.3 Å². The average Bonchev–Trinajstić information content (AvgIpc) is 2.86. The summed E-state index contributed by atoms with van der Waals surface area (Å²) < 4.78 is 0.